The van der Waals surface area contributed by atoms with E-state index in [9.17, 15) is 4.39 Å². The standard InChI is InChI=1S/C14H20FNO2/c1-3-8-16-11-9-13(14(11)17-2)18-12-7-5-4-6-10(12)15/h4-7,11,13-14,16H,3,8-9H2,1-2H3. The summed E-state index contributed by atoms with van der Waals surface area (Å²) in [6, 6.07) is 6.79. The molecule has 1 aliphatic carbocycles. The molecule has 0 spiro atoms. The second-order valence-electron chi connectivity index (χ2n) is 4.58. The van der Waals surface area contributed by atoms with E-state index >= 15 is 0 Å². The van der Waals surface area contributed by atoms with Crippen LogP contribution in [0.15, 0.2) is 24.3 Å². The molecule has 1 aromatic rings. The predicted octanol–water partition coefficient (Wildman–Crippen LogP) is 2.36. The molecule has 0 bridgehead atoms. The number of benzene rings is 1. The lowest BCUT2D eigenvalue weighted by Gasteiger charge is -2.43. The summed E-state index contributed by atoms with van der Waals surface area (Å²) in [6.45, 7) is 3.09. The molecule has 1 N–H and O–H groups in total. The Labute approximate surface area is 107 Å². The third-order valence-corrected chi connectivity index (χ3v) is 3.29. The molecule has 0 radical (unpaired) electrons. The Morgan fingerprint density at radius 2 is 2.17 bits per heavy atom. The van der Waals surface area contributed by atoms with E-state index in [-0.39, 0.29) is 18.0 Å². The second-order valence-corrected chi connectivity index (χ2v) is 4.58. The molecule has 100 valence electrons. The van der Waals surface area contributed by atoms with Gasteiger partial charge in [-0.25, -0.2) is 4.39 Å². The number of ether oxygens (including phenoxy) is 2. The van der Waals surface area contributed by atoms with Crippen LogP contribution in [-0.4, -0.2) is 31.9 Å². The van der Waals surface area contributed by atoms with Crippen molar-refractivity contribution in [3.05, 3.63) is 30.1 Å². The molecule has 0 aromatic heterocycles. The van der Waals surface area contributed by atoms with Gasteiger partial charge in [0.1, 0.15) is 12.2 Å². The minimum atomic E-state index is -0.322. The van der Waals surface area contributed by atoms with Crippen LogP contribution < -0.4 is 10.1 Å². The van der Waals surface area contributed by atoms with Crippen LogP contribution in [0.1, 0.15) is 19.8 Å². The number of hydrogen-bond donors (Lipinski definition) is 1. The molecule has 0 aliphatic heterocycles. The van der Waals surface area contributed by atoms with Crippen LogP contribution in [0.2, 0.25) is 0 Å². The van der Waals surface area contributed by atoms with E-state index in [1.54, 1.807) is 25.3 Å². The summed E-state index contributed by atoms with van der Waals surface area (Å²) >= 11 is 0. The largest absolute Gasteiger partial charge is 0.485 e. The molecule has 1 saturated carbocycles. The van der Waals surface area contributed by atoms with Gasteiger partial charge < -0.3 is 14.8 Å². The van der Waals surface area contributed by atoms with Gasteiger partial charge in [0.25, 0.3) is 0 Å². The van der Waals surface area contributed by atoms with Crippen molar-refractivity contribution in [1.82, 2.24) is 5.32 Å². The maximum absolute atomic E-state index is 13.5. The molecule has 2 rings (SSSR count). The molecule has 1 aromatic carbocycles. The number of nitrogens with one attached hydrogen (secondary N) is 1. The Morgan fingerprint density at radius 1 is 1.39 bits per heavy atom. The molecule has 3 atom stereocenters. The highest BCUT2D eigenvalue weighted by molar-refractivity contribution is 5.24. The van der Waals surface area contributed by atoms with Crippen molar-refractivity contribution < 1.29 is 13.9 Å². The van der Waals surface area contributed by atoms with Gasteiger partial charge in [-0.3, -0.25) is 0 Å². The van der Waals surface area contributed by atoms with Crippen molar-refractivity contribution in [2.24, 2.45) is 0 Å². The van der Waals surface area contributed by atoms with Crippen molar-refractivity contribution in [1.29, 1.82) is 0 Å². The van der Waals surface area contributed by atoms with E-state index in [4.69, 9.17) is 9.47 Å². The molecule has 3 unspecified atom stereocenters. The minimum absolute atomic E-state index is 0.00356. The lowest BCUT2D eigenvalue weighted by atomic mass is 9.85. The van der Waals surface area contributed by atoms with Crippen molar-refractivity contribution in [3.8, 4) is 5.75 Å². The van der Waals surface area contributed by atoms with Crippen molar-refractivity contribution in [3.63, 3.8) is 0 Å². The van der Waals surface area contributed by atoms with E-state index in [1.807, 2.05) is 0 Å². The van der Waals surface area contributed by atoms with E-state index in [1.165, 1.54) is 6.07 Å². The summed E-state index contributed by atoms with van der Waals surface area (Å²) in [4.78, 5) is 0. The molecule has 0 heterocycles. The minimum Gasteiger partial charge on any atom is -0.485 e. The van der Waals surface area contributed by atoms with Gasteiger partial charge in [0.05, 0.1) is 0 Å². The predicted molar refractivity (Wildman–Crippen MR) is 68.3 cm³/mol. The van der Waals surface area contributed by atoms with E-state index in [2.05, 4.69) is 12.2 Å². The Hall–Kier alpha value is -1.13. The molecule has 3 nitrogen and oxygen atoms in total. The van der Waals surface area contributed by atoms with Crippen LogP contribution >= 0.6 is 0 Å². The fraction of sp³-hybridized carbons (Fsp3) is 0.571. The summed E-state index contributed by atoms with van der Waals surface area (Å²) in [6.07, 6.45) is 1.87. The third-order valence-electron chi connectivity index (χ3n) is 3.29. The number of hydrogen-bond acceptors (Lipinski definition) is 3. The highest BCUT2D eigenvalue weighted by Crippen LogP contribution is 2.29. The van der Waals surface area contributed by atoms with Crippen molar-refractivity contribution >= 4 is 0 Å². The molecular formula is C14H20FNO2. The van der Waals surface area contributed by atoms with Gasteiger partial charge in [-0.15, -0.1) is 0 Å². The first kappa shape index (κ1) is 13.3. The maximum atomic E-state index is 13.5. The zero-order valence-electron chi connectivity index (χ0n) is 10.9. The number of rotatable bonds is 6. The fourth-order valence-electron chi connectivity index (χ4n) is 2.25. The maximum Gasteiger partial charge on any atom is 0.165 e. The second kappa shape index (κ2) is 6.16. The molecular weight excluding hydrogens is 233 g/mol. The highest BCUT2D eigenvalue weighted by Gasteiger charge is 2.43. The van der Waals surface area contributed by atoms with Crippen molar-refractivity contribution in [2.45, 2.75) is 38.0 Å². The highest BCUT2D eigenvalue weighted by atomic mass is 19.1. The molecule has 4 heteroatoms. The number of para-hydroxylation sites is 1. The molecule has 0 amide bonds. The van der Waals surface area contributed by atoms with Crippen LogP contribution in [0.25, 0.3) is 0 Å². The van der Waals surface area contributed by atoms with Gasteiger partial charge in [0, 0.05) is 19.6 Å². The smallest absolute Gasteiger partial charge is 0.165 e. The monoisotopic (exact) mass is 253 g/mol. The average Bonchev–Trinajstić information content (AvgIpc) is 2.35. The van der Waals surface area contributed by atoms with Gasteiger partial charge in [0.15, 0.2) is 11.6 Å². The molecule has 18 heavy (non-hydrogen) atoms. The summed E-state index contributed by atoms with van der Waals surface area (Å²) in [5.74, 6) is -0.0178. The molecule has 1 aliphatic rings. The zero-order valence-corrected chi connectivity index (χ0v) is 10.9. The van der Waals surface area contributed by atoms with E-state index < -0.39 is 0 Å². The zero-order chi connectivity index (χ0) is 13.0. The van der Waals surface area contributed by atoms with E-state index in [0.717, 1.165) is 19.4 Å². The average molecular weight is 253 g/mol. The number of methoxy groups -OCH3 is 1. The van der Waals surface area contributed by atoms with Crippen LogP contribution in [0, 0.1) is 5.82 Å². The van der Waals surface area contributed by atoms with Crippen LogP contribution in [0.3, 0.4) is 0 Å². The Balaban J connectivity index is 1.90. The Bertz CT molecular complexity index is 386. The molecule has 1 fully saturated rings. The summed E-state index contributed by atoms with van der Waals surface area (Å²) in [5, 5.41) is 3.40. The van der Waals surface area contributed by atoms with Gasteiger partial charge in [0.2, 0.25) is 0 Å². The quantitative estimate of drug-likeness (QED) is 0.844. The summed E-state index contributed by atoms with van der Waals surface area (Å²) < 4.78 is 24.5. The third kappa shape index (κ3) is 2.82. The number of halogens is 1. The SMILES string of the molecule is CCCNC1CC(Oc2ccccc2F)C1OC. The topological polar surface area (TPSA) is 30.5 Å². The van der Waals surface area contributed by atoms with Gasteiger partial charge >= 0.3 is 0 Å². The molecule has 0 saturated heterocycles. The van der Waals surface area contributed by atoms with Gasteiger partial charge in [-0.05, 0) is 25.1 Å². The lowest BCUT2D eigenvalue weighted by Crippen LogP contribution is -2.61. The summed E-state index contributed by atoms with van der Waals surface area (Å²) in [7, 11) is 1.67. The van der Waals surface area contributed by atoms with Crippen LogP contribution in [-0.2, 0) is 4.74 Å². The van der Waals surface area contributed by atoms with Gasteiger partial charge in [-0.2, -0.15) is 0 Å². The normalized spacial score (nSPS) is 26.7. The van der Waals surface area contributed by atoms with Gasteiger partial charge in [-0.1, -0.05) is 19.1 Å². The van der Waals surface area contributed by atoms with Crippen LogP contribution in [0.4, 0.5) is 4.39 Å². The lowest BCUT2D eigenvalue weighted by molar-refractivity contribution is -0.0897. The Morgan fingerprint density at radius 3 is 2.83 bits per heavy atom. The van der Waals surface area contributed by atoms with Crippen LogP contribution in [0.5, 0.6) is 5.75 Å². The fourth-order valence-corrected chi connectivity index (χ4v) is 2.25. The first-order valence-corrected chi connectivity index (χ1v) is 6.43. The Kier molecular flexibility index (Phi) is 4.55. The van der Waals surface area contributed by atoms with Crippen molar-refractivity contribution in [2.75, 3.05) is 13.7 Å². The summed E-state index contributed by atoms with van der Waals surface area (Å²) in [5.41, 5.74) is 0. The first-order chi connectivity index (χ1) is 8.76. The van der Waals surface area contributed by atoms with E-state index in [0.29, 0.717) is 11.8 Å². The first-order valence-electron chi connectivity index (χ1n) is 6.43.